The number of amides is 2. The van der Waals surface area contributed by atoms with E-state index < -0.39 is 17.5 Å². The standard InChI is InChI=1S/C14H23N3O3/c1-9(2)14(4,8-15)17-12(18)10(3)16-13(19)11-6-5-7-20-11/h5-7,9-10H,8,15H2,1-4H3,(H,16,19)(H,17,18). The van der Waals surface area contributed by atoms with Crippen LogP contribution in [0.15, 0.2) is 22.8 Å². The fourth-order valence-corrected chi connectivity index (χ4v) is 1.56. The predicted octanol–water partition coefficient (Wildman–Crippen LogP) is 0.888. The quantitative estimate of drug-likeness (QED) is 0.721. The molecule has 0 aromatic carbocycles. The predicted molar refractivity (Wildman–Crippen MR) is 76.1 cm³/mol. The van der Waals surface area contributed by atoms with E-state index in [1.54, 1.807) is 13.0 Å². The summed E-state index contributed by atoms with van der Waals surface area (Å²) in [7, 11) is 0. The molecule has 0 aliphatic heterocycles. The van der Waals surface area contributed by atoms with Gasteiger partial charge in [-0.1, -0.05) is 13.8 Å². The molecule has 1 aromatic rings. The number of hydrogen-bond donors (Lipinski definition) is 3. The van der Waals surface area contributed by atoms with Crippen molar-refractivity contribution in [3.05, 3.63) is 24.2 Å². The largest absolute Gasteiger partial charge is 0.459 e. The van der Waals surface area contributed by atoms with Crippen molar-refractivity contribution in [1.29, 1.82) is 0 Å². The molecule has 2 unspecified atom stereocenters. The van der Waals surface area contributed by atoms with Crippen molar-refractivity contribution in [1.82, 2.24) is 10.6 Å². The summed E-state index contributed by atoms with van der Waals surface area (Å²) < 4.78 is 4.97. The number of rotatable bonds is 6. The van der Waals surface area contributed by atoms with E-state index in [2.05, 4.69) is 10.6 Å². The Balaban J connectivity index is 2.61. The third-order valence-electron chi connectivity index (χ3n) is 3.59. The molecule has 0 fully saturated rings. The summed E-state index contributed by atoms with van der Waals surface area (Å²) in [6.45, 7) is 7.80. The smallest absolute Gasteiger partial charge is 0.287 e. The van der Waals surface area contributed by atoms with E-state index in [4.69, 9.17) is 10.2 Å². The maximum atomic E-state index is 12.1. The Labute approximate surface area is 119 Å². The molecule has 4 N–H and O–H groups in total. The molecular formula is C14H23N3O3. The van der Waals surface area contributed by atoms with Gasteiger partial charge >= 0.3 is 0 Å². The maximum Gasteiger partial charge on any atom is 0.287 e. The van der Waals surface area contributed by atoms with Crippen molar-refractivity contribution in [2.45, 2.75) is 39.3 Å². The van der Waals surface area contributed by atoms with Gasteiger partial charge in [-0.2, -0.15) is 0 Å². The highest BCUT2D eigenvalue weighted by Gasteiger charge is 2.30. The van der Waals surface area contributed by atoms with Crippen LogP contribution in [0.2, 0.25) is 0 Å². The van der Waals surface area contributed by atoms with Gasteiger partial charge in [-0.15, -0.1) is 0 Å². The fraction of sp³-hybridized carbons (Fsp3) is 0.571. The van der Waals surface area contributed by atoms with Crippen molar-refractivity contribution in [2.24, 2.45) is 11.7 Å². The van der Waals surface area contributed by atoms with Crippen LogP contribution in [0.1, 0.15) is 38.2 Å². The second-order valence-corrected chi connectivity index (χ2v) is 5.44. The van der Waals surface area contributed by atoms with Crippen LogP contribution in [-0.4, -0.2) is 29.9 Å². The van der Waals surface area contributed by atoms with Gasteiger partial charge in [0.15, 0.2) is 5.76 Å². The normalized spacial score (nSPS) is 15.5. The first kappa shape index (κ1) is 16.2. The van der Waals surface area contributed by atoms with Crippen LogP contribution >= 0.6 is 0 Å². The van der Waals surface area contributed by atoms with Crippen LogP contribution in [-0.2, 0) is 4.79 Å². The van der Waals surface area contributed by atoms with Crippen molar-refractivity contribution < 1.29 is 14.0 Å². The van der Waals surface area contributed by atoms with Crippen LogP contribution in [0, 0.1) is 5.92 Å². The highest BCUT2D eigenvalue weighted by atomic mass is 16.3. The molecule has 0 saturated carbocycles. The van der Waals surface area contributed by atoms with Crippen LogP contribution < -0.4 is 16.4 Å². The zero-order valence-corrected chi connectivity index (χ0v) is 12.4. The number of furan rings is 1. The molecule has 6 heteroatoms. The van der Waals surface area contributed by atoms with Gasteiger partial charge < -0.3 is 20.8 Å². The van der Waals surface area contributed by atoms with Gasteiger partial charge in [-0.3, -0.25) is 9.59 Å². The van der Waals surface area contributed by atoms with Crippen molar-refractivity contribution in [3.63, 3.8) is 0 Å². The highest BCUT2D eigenvalue weighted by Crippen LogP contribution is 2.14. The molecule has 0 aliphatic rings. The summed E-state index contributed by atoms with van der Waals surface area (Å²) in [6.07, 6.45) is 1.41. The minimum Gasteiger partial charge on any atom is -0.459 e. The second kappa shape index (κ2) is 6.56. The summed E-state index contributed by atoms with van der Waals surface area (Å²) in [5.74, 6) is -0.331. The average Bonchev–Trinajstić information content (AvgIpc) is 2.91. The van der Waals surface area contributed by atoms with E-state index in [0.717, 1.165) is 0 Å². The van der Waals surface area contributed by atoms with Gasteiger partial charge in [0.05, 0.1) is 11.8 Å². The van der Waals surface area contributed by atoms with Gasteiger partial charge in [0.25, 0.3) is 5.91 Å². The number of hydrogen-bond acceptors (Lipinski definition) is 4. The van der Waals surface area contributed by atoms with Gasteiger partial charge in [-0.05, 0) is 31.9 Å². The molecular weight excluding hydrogens is 258 g/mol. The monoisotopic (exact) mass is 281 g/mol. The van der Waals surface area contributed by atoms with Crippen molar-refractivity contribution >= 4 is 11.8 Å². The first-order chi connectivity index (χ1) is 9.30. The fourth-order valence-electron chi connectivity index (χ4n) is 1.56. The lowest BCUT2D eigenvalue weighted by Crippen LogP contribution is -2.59. The number of nitrogens with two attached hydrogens (primary N) is 1. The number of carbonyl (C=O) groups is 2. The summed E-state index contributed by atoms with van der Waals surface area (Å²) in [6, 6.07) is 2.49. The Morgan fingerprint density at radius 3 is 2.50 bits per heavy atom. The third-order valence-corrected chi connectivity index (χ3v) is 3.59. The van der Waals surface area contributed by atoms with Crippen molar-refractivity contribution in [3.8, 4) is 0 Å². The molecule has 1 rings (SSSR count). The molecule has 0 radical (unpaired) electrons. The highest BCUT2D eigenvalue weighted by molar-refractivity contribution is 5.95. The lowest BCUT2D eigenvalue weighted by molar-refractivity contribution is -0.124. The summed E-state index contributed by atoms with van der Waals surface area (Å²) in [4.78, 5) is 23.9. The SMILES string of the molecule is CC(NC(=O)c1ccco1)C(=O)NC(C)(CN)C(C)C. The van der Waals surface area contributed by atoms with E-state index >= 15 is 0 Å². The summed E-state index contributed by atoms with van der Waals surface area (Å²) in [5, 5.41) is 5.47. The molecule has 1 aromatic heterocycles. The lowest BCUT2D eigenvalue weighted by Gasteiger charge is -2.34. The lowest BCUT2D eigenvalue weighted by atomic mass is 9.88. The molecule has 6 nitrogen and oxygen atoms in total. The van der Waals surface area contributed by atoms with E-state index in [1.807, 2.05) is 20.8 Å². The third kappa shape index (κ3) is 3.84. The Bertz CT molecular complexity index is 456. The van der Waals surface area contributed by atoms with Gasteiger partial charge in [0.1, 0.15) is 6.04 Å². The summed E-state index contributed by atoms with van der Waals surface area (Å²) in [5.41, 5.74) is 5.22. The van der Waals surface area contributed by atoms with Crippen LogP contribution in [0.3, 0.4) is 0 Å². The topological polar surface area (TPSA) is 97.4 Å². The Kier molecular flexibility index (Phi) is 5.33. The number of nitrogens with one attached hydrogen (secondary N) is 2. The Hall–Kier alpha value is -1.82. The van der Waals surface area contributed by atoms with E-state index in [-0.39, 0.29) is 17.6 Å². The zero-order valence-electron chi connectivity index (χ0n) is 12.4. The number of carbonyl (C=O) groups excluding carboxylic acids is 2. The molecule has 0 bridgehead atoms. The summed E-state index contributed by atoms with van der Waals surface area (Å²) >= 11 is 0. The van der Waals surface area contributed by atoms with Gasteiger partial charge in [-0.25, -0.2) is 0 Å². The van der Waals surface area contributed by atoms with Gasteiger partial charge in [0.2, 0.25) is 5.91 Å². The van der Waals surface area contributed by atoms with Crippen LogP contribution in [0.5, 0.6) is 0 Å². The first-order valence-electron chi connectivity index (χ1n) is 6.66. The Morgan fingerprint density at radius 1 is 1.40 bits per heavy atom. The van der Waals surface area contributed by atoms with E-state index in [0.29, 0.717) is 6.54 Å². The molecule has 1 heterocycles. The molecule has 112 valence electrons. The maximum absolute atomic E-state index is 12.1. The molecule has 0 saturated heterocycles. The van der Waals surface area contributed by atoms with E-state index in [1.165, 1.54) is 12.3 Å². The van der Waals surface area contributed by atoms with Gasteiger partial charge in [0, 0.05) is 6.54 Å². The molecule has 2 amide bonds. The second-order valence-electron chi connectivity index (χ2n) is 5.44. The zero-order chi connectivity index (χ0) is 15.3. The van der Waals surface area contributed by atoms with Crippen LogP contribution in [0.4, 0.5) is 0 Å². The Morgan fingerprint density at radius 2 is 2.05 bits per heavy atom. The van der Waals surface area contributed by atoms with E-state index in [9.17, 15) is 9.59 Å². The van der Waals surface area contributed by atoms with Crippen LogP contribution in [0.25, 0.3) is 0 Å². The van der Waals surface area contributed by atoms with Crippen molar-refractivity contribution in [2.75, 3.05) is 6.54 Å². The molecule has 0 aliphatic carbocycles. The molecule has 2 atom stereocenters. The molecule has 0 spiro atoms. The average molecular weight is 281 g/mol. The minimum atomic E-state index is -0.669. The minimum absolute atomic E-state index is 0.176. The first-order valence-corrected chi connectivity index (χ1v) is 6.66. The molecule has 20 heavy (non-hydrogen) atoms.